The van der Waals surface area contributed by atoms with Gasteiger partial charge in [0.25, 0.3) is 0 Å². The third-order valence-corrected chi connectivity index (χ3v) is 2.52. The Bertz CT molecular complexity index is 275. The number of rotatable bonds is 7. The Balaban J connectivity index is 2.16. The van der Waals surface area contributed by atoms with Crippen LogP contribution in [0.2, 0.25) is 0 Å². The number of hydrogen-bond donors (Lipinski definition) is 2. The topological polar surface area (TPSA) is 41.5 Å². The Labute approximate surface area is 97.4 Å². The molecule has 0 saturated carbocycles. The van der Waals surface area contributed by atoms with Gasteiger partial charge in [-0.25, -0.2) is 0 Å². The molecule has 0 heterocycles. The highest BCUT2D eigenvalue weighted by molar-refractivity contribution is 5.20. The van der Waals surface area contributed by atoms with E-state index in [2.05, 4.69) is 19.2 Å². The molecule has 0 saturated heterocycles. The molecule has 0 spiro atoms. The Kier molecular flexibility index (Phi) is 5.90. The summed E-state index contributed by atoms with van der Waals surface area (Å²) in [6.45, 7) is 5.71. The second-order valence-corrected chi connectivity index (χ2v) is 4.15. The van der Waals surface area contributed by atoms with Gasteiger partial charge in [0.05, 0.1) is 6.61 Å². The van der Waals surface area contributed by atoms with Crippen molar-refractivity contribution in [1.82, 2.24) is 5.32 Å². The number of benzene rings is 1. The van der Waals surface area contributed by atoms with Crippen LogP contribution in [0.3, 0.4) is 0 Å². The SMILES string of the molecule is CC(C)C(CO)NCCOc1ccccc1. The molecule has 0 aliphatic carbocycles. The van der Waals surface area contributed by atoms with Crippen molar-refractivity contribution in [1.29, 1.82) is 0 Å². The summed E-state index contributed by atoms with van der Waals surface area (Å²) in [6, 6.07) is 9.89. The first-order valence-corrected chi connectivity index (χ1v) is 5.76. The van der Waals surface area contributed by atoms with Crippen LogP contribution in [0, 0.1) is 5.92 Å². The van der Waals surface area contributed by atoms with Crippen molar-refractivity contribution in [2.75, 3.05) is 19.8 Å². The zero-order valence-electron chi connectivity index (χ0n) is 10.0. The van der Waals surface area contributed by atoms with E-state index in [0.29, 0.717) is 12.5 Å². The minimum Gasteiger partial charge on any atom is -0.492 e. The predicted octanol–water partition coefficient (Wildman–Crippen LogP) is 1.67. The van der Waals surface area contributed by atoms with Gasteiger partial charge in [-0.2, -0.15) is 0 Å². The lowest BCUT2D eigenvalue weighted by Crippen LogP contribution is -2.39. The summed E-state index contributed by atoms with van der Waals surface area (Å²) in [7, 11) is 0. The highest BCUT2D eigenvalue weighted by Gasteiger charge is 2.10. The van der Waals surface area contributed by atoms with Crippen molar-refractivity contribution < 1.29 is 9.84 Å². The van der Waals surface area contributed by atoms with E-state index in [9.17, 15) is 0 Å². The number of nitrogens with one attached hydrogen (secondary N) is 1. The quantitative estimate of drug-likeness (QED) is 0.691. The molecule has 0 aliphatic rings. The van der Waals surface area contributed by atoms with Crippen LogP contribution in [0.4, 0.5) is 0 Å². The molecule has 1 aromatic rings. The van der Waals surface area contributed by atoms with E-state index in [1.165, 1.54) is 0 Å². The maximum absolute atomic E-state index is 9.11. The summed E-state index contributed by atoms with van der Waals surface area (Å²) in [4.78, 5) is 0. The van der Waals surface area contributed by atoms with Gasteiger partial charge in [0.2, 0.25) is 0 Å². The first-order valence-electron chi connectivity index (χ1n) is 5.76. The highest BCUT2D eigenvalue weighted by atomic mass is 16.5. The van der Waals surface area contributed by atoms with Gasteiger partial charge in [-0.05, 0) is 18.1 Å². The fourth-order valence-electron chi connectivity index (χ4n) is 1.44. The van der Waals surface area contributed by atoms with Gasteiger partial charge in [-0.15, -0.1) is 0 Å². The summed E-state index contributed by atoms with van der Waals surface area (Å²) < 4.78 is 5.54. The van der Waals surface area contributed by atoms with Gasteiger partial charge < -0.3 is 15.2 Å². The first-order chi connectivity index (χ1) is 7.74. The Morgan fingerprint density at radius 2 is 1.94 bits per heavy atom. The zero-order chi connectivity index (χ0) is 11.8. The van der Waals surface area contributed by atoms with E-state index >= 15 is 0 Å². The second kappa shape index (κ2) is 7.25. The van der Waals surface area contributed by atoms with Gasteiger partial charge in [0, 0.05) is 12.6 Å². The summed E-state index contributed by atoms with van der Waals surface area (Å²) >= 11 is 0. The van der Waals surface area contributed by atoms with Crippen LogP contribution < -0.4 is 10.1 Å². The average molecular weight is 223 g/mol. The van der Waals surface area contributed by atoms with Crippen molar-refractivity contribution in [3.05, 3.63) is 30.3 Å². The van der Waals surface area contributed by atoms with Crippen LogP contribution in [0.1, 0.15) is 13.8 Å². The van der Waals surface area contributed by atoms with E-state index in [4.69, 9.17) is 9.84 Å². The zero-order valence-corrected chi connectivity index (χ0v) is 10.0. The fourth-order valence-corrected chi connectivity index (χ4v) is 1.44. The molecule has 16 heavy (non-hydrogen) atoms. The van der Waals surface area contributed by atoms with Crippen molar-refractivity contribution in [2.45, 2.75) is 19.9 Å². The van der Waals surface area contributed by atoms with Crippen LogP contribution in [0.25, 0.3) is 0 Å². The van der Waals surface area contributed by atoms with Gasteiger partial charge in [0.15, 0.2) is 0 Å². The van der Waals surface area contributed by atoms with Crippen LogP contribution in [-0.4, -0.2) is 30.9 Å². The fraction of sp³-hybridized carbons (Fsp3) is 0.538. The van der Waals surface area contributed by atoms with Crippen LogP contribution in [-0.2, 0) is 0 Å². The molecular weight excluding hydrogens is 202 g/mol. The molecule has 1 rings (SSSR count). The molecule has 1 aromatic carbocycles. The van der Waals surface area contributed by atoms with E-state index in [1.54, 1.807) is 0 Å². The van der Waals surface area contributed by atoms with E-state index in [0.717, 1.165) is 12.3 Å². The van der Waals surface area contributed by atoms with Crippen LogP contribution in [0.5, 0.6) is 5.75 Å². The molecule has 0 amide bonds. The van der Waals surface area contributed by atoms with Gasteiger partial charge >= 0.3 is 0 Å². The smallest absolute Gasteiger partial charge is 0.119 e. The van der Waals surface area contributed by atoms with E-state index in [1.807, 2.05) is 30.3 Å². The summed E-state index contributed by atoms with van der Waals surface area (Å²) in [5.74, 6) is 1.32. The van der Waals surface area contributed by atoms with Gasteiger partial charge in [-0.1, -0.05) is 32.0 Å². The average Bonchev–Trinajstić information content (AvgIpc) is 2.30. The summed E-state index contributed by atoms with van der Waals surface area (Å²) in [5.41, 5.74) is 0. The molecule has 0 fully saturated rings. The van der Waals surface area contributed by atoms with Gasteiger partial charge in [-0.3, -0.25) is 0 Å². The third-order valence-electron chi connectivity index (χ3n) is 2.52. The molecule has 3 heteroatoms. The molecule has 1 atom stereocenters. The normalized spacial score (nSPS) is 12.8. The Hall–Kier alpha value is -1.06. The molecule has 3 nitrogen and oxygen atoms in total. The maximum Gasteiger partial charge on any atom is 0.119 e. The molecule has 2 N–H and O–H groups in total. The summed E-state index contributed by atoms with van der Waals surface area (Å²) in [5, 5.41) is 12.4. The summed E-state index contributed by atoms with van der Waals surface area (Å²) in [6.07, 6.45) is 0. The molecule has 0 aliphatic heterocycles. The van der Waals surface area contributed by atoms with Crippen molar-refractivity contribution >= 4 is 0 Å². The molecule has 0 aromatic heterocycles. The maximum atomic E-state index is 9.11. The Morgan fingerprint density at radius 3 is 2.50 bits per heavy atom. The standard InChI is InChI=1S/C13H21NO2/c1-11(2)13(10-15)14-8-9-16-12-6-4-3-5-7-12/h3-7,11,13-15H,8-10H2,1-2H3. The van der Waals surface area contributed by atoms with Crippen molar-refractivity contribution in [2.24, 2.45) is 5.92 Å². The molecular formula is C13H21NO2. The van der Waals surface area contributed by atoms with Crippen molar-refractivity contribution in [3.63, 3.8) is 0 Å². The lowest BCUT2D eigenvalue weighted by atomic mass is 10.1. The molecule has 90 valence electrons. The van der Waals surface area contributed by atoms with Crippen LogP contribution >= 0.6 is 0 Å². The van der Waals surface area contributed by atoms with E-state index < -0.39 is 0 Å². The third kappa shape index (κ3) is 4.64. The molecule has 1 unspecified atom stereocenters. The van der Waals surface area contributed by atoms with Gasteiger partial charge in [0.1, 0.15) is 12.4 Å². The monoisotopic (exact) mass is 223 g/mol. The minimum absolute atomic E-state index is 0.152. The van der Waals surface area contributed by atoms with Crippen LogP contribution in [0.15, 0.2) is 30.3 Å². The first kappa shape index (κ1) is 13.0. The van der Waals surface area contributed by atoms with E-state index in [-0.39, 0.29) is 12.6 Å². The highest BCUT2D eigenvalue weighted by Crippen LogP contribution is 2.07. The van der Waals surface area contributed by atoms with Crippen molar-refractivity contribution in [3.8, 4) is 5.75 Å². The largest absolute Gasteiger partial charge is 0.492 e. The molecule has 0 radical (unpaired) electrons. The second-order valence-electron chi connectivity index (χ2n) is 4.15. The minimum atomic E-state index is 0.152. The number of aliphatic hydroxyl groups is 1. The number of para-hydroxylation sites is 1. The molecule has 0 bridgehead atoms. The number of ether oxygens (including phenoxy) is 1. The number of aliphatic hydroxyl groups excluding tert-OH is 1. The lowest BCUT2D eigenvalue weighted by Gasteiger charge is -2.19. The predicted molar refractivity (Wildman–Crippen MR) is 65.7 cm³/mol. The Morgan fingerprint density at radius 1 is 1.25 bits per heavy atom. The number of hydrogen-bond acceptors (Lipinski definition) is 3. The lowest BCUT2D eigenvalue weighted by molar-refractivity contribution is 0.202.